The fourth-order valence-corrected chi connectivity index (χ4v) is 2.41. The lowest BCUT2D eigenvalue weighted by Crippen LogP contribution is -2.50. The minimum Gasteiger partial charge on any atom is -0.481 e. The molecule has 1 aliphatic rings. The van der Waals surface area contributed by atoms with Crippen molar-refractivity contribution < 1.29 is 28.6 Å². The first kappa shape index (κ1) is 19.8. The fraction of sp³-hybridized carbons (Fsp3) is 0.333. The molecule has 9 nitrogen and oxygen atoms in total. The summed E-state index contributed by atoms with van der Waals surface area (Å²) < 4.78 is 15.3. The molecular weight excluding hydrogens is 354 g/mol. The molecule has 1 aliphatic heterocycles. The Morgan fingerprint density at radius 1 is 1.26 bits per heavy atom. The third kappa shape index (κ3) is 5.22. The van der Waals surface area contributed by atoms with Crippen molar-refractivity contribution in [3.8, 4) is 11.8 Å². The van der Waals surface area contributed by atoms with Gasteiger partial charge in [-0.1, -0.05) is 12.1 Å². The average molecular weight is 373 g/mol. The number of hydrogen-bond acceptors (Lipinski definition) is 7. The molecule has 0 bridgehead atoms. The van der Waals surface area contributed by atoms with Crippen LogP contribution in [0, 0.1) is 11.3 Å². The molecule has 27 heavy (non-hydrogen) atoms. The summed E-state index contributed by atoms with van der Waals surface area (Å²) in [4.78, 5) is 35.6. The highest BCUT2D eigenvalue weighted by molar-refractivity contribution is 5.94. The third-order valence-electron chi connectivity index (χ3n) is 3.60. The molecule has 0 fully saturated rings. The van der Waals surface area contributed by atoms with Gasteiger partial charge in [0.25, 0.3) is 0 Å². The Morgan fingerprint density at radius 3 is 2.70 bits per heavy atom. The Bertz CT molecular complexity index is 812. The van der Waals surface area contributed by atoms with Gasteiger partial charge in [0.05, 0.1) is 29.5 Å². The second kappa shape index (κ2) is 9.24. The number of rotatable bonds is 7. The van der Waals surface area contributed by atoms with E-state index in [1.54, 1.807) is 38.1 Å². The molecule has 142 valence electrons. The number of benzene rings is 1. The molecule has 0 aliphatic carbocycles. The lowest BCUT2D eigenvalue weighted by Gasteiger charge is -2.26. The zero-order chi connectivity index (χ0) is 19.8. The van der Waals surface area contributed by atoms with Crippen LogP contribution in [0.5, 0.6) is 5.75 Å². The summed E-state index contributed by atoms with van der Waals surface area (Å²) in [7, 11) is 0. The maximum atomic E-state index is 12.1. The number of nitrogens with zero attached hydrogens (tertiary/aromatic N) is 1. The zero-order valence-corrected chi connectivity index (χ0v) is 14.9. The first-order valence-corrected chi connectivity index (χ1v) is 8.21. The molecule has 0 unspecified atom stereocenters. The number of para-hydroxylation sites is 1. The van der Waals surface area contributed by atoms with E-state index in [0.717, 1.165) is 0 Å². The van der Waals surface area contributed by atoms with E-state index in [1.165, 1.54) is 0 Å². The van der Waals surface area contributed by atoms with E-state index in [0.29, 0.717) is 0 Å². The minimum absolute atomic E-state index is 0.149. The van der Waals surface area contributed by atoms with Crippen LogP contribution < -0.4 is 15.4 Å². The molecule has 1 aromatic carbocycles. The van der Waals surface area contributed by atoms with Gasteiger partial charge in [-0.15, -0.1) is 0 Å². The van der Waals surface area contributed by atoms with Gasteiger partial charge in [-0.3, -0.25) is 0 Å². The van der Waals surface area contributed by atoms with E-state index < -0.39 is 30.6 Å². The number of hydrogen-bond donors (Lipinski definition) is 2. The van der Waals surface area contributed by atoms with Crippen molar-refractivity contribution in [2.45, 2.75) is 19.9 Å². The van der Waals surface area contributed by atoms with Crippen LogP contribution in [-0.2, 0) is 19.1 Å². The second-order valence-electron chi connectivity index (χ2n) is 5.49. The van der Waals surface area contributed by atoms with Crippen molar-refractivity contribution >= 4 is 18.0 Å². The summed E-state index contributed by atoms with van der Waals surface area (Å²) in [5.41, 5.74) is 0.618. The van der Waals surface area contributed by atoms with Crippen molar-refractivity contribution in [2.24, 2.45) is 0 Å². The fourth-order valence-electron chi connectivity index (χ4n) is 2.41. The van der Waals surface area contributed by atoms with E-state index in [-0.39, 0.29) is 35.8 Å². The highest BCUT2D eigenvalue weighted by atomic mass is 16.6. The van der Waals surface area contributed by atoms with Crippen LogP contribution >= 0.6 is 0 Å². The minimum atomic E-state index is -0.723. The highest BCUT2D eigenvalue weighted by Gasteiger charge is 2.30. The van der Waals surface area contributed by atoms with Gasteiger partial charge in [0, 0.05) is 0 Å². The molecule has 2 N–H and O–H groups in total. The standard InChI is InChI=1S/C18H19N3O6/c1-3-25-17(23)16-11(2)20-18(24)21-13(16)9-27-15(22)10-26-14-7-5-4-6-12(14)8-19/h4-7,11H,3,9-10H2,1-2H3,(H2,20,21,24)/t11-/m1/s1. The van der Waals surface area contributed by atoms with Crippen LogP contribution in [-0.4, -0.2) is 43.8 Å². The van der Waals surface area contributed by atoms with Crippen LogP contribution in [0.4, 0.5) is 4.79 Å². The lowest BCUT2D eigenvalue weighted by atomic mass is 10.0. The molecule has 2 amide bonds. The van der Waals surface area contributed by atoms with Gasteiger partial charge in [0.15, 0.2) is 6.61 Å². The monoisotopic (exact) mass is 373 g/mol. The molecule has 0 saturated heterocycles. The van der Waals surface area contributed by atoms with Gasteiger partial charge in [0.1, 0.15) is 18.4 Å². The van der Waals surface area contributed by atoms with Crippen LogP contribution in [0.15, 0.2) is 35.5 Å². The Labute approximate surface area is 155 Å². The van der Waals surface area contributed by atoms with E-state index in [9.17, 15) is 14.4 Å². The number of carbonyl (C=O) groups excluding carboxylic acids is 3. The Kier molecular flexibility index (Phi) is 6.77. The number of urea groups is 1. The normalized spacial score (nSPS) is 15.9. The number of ether oxygens (including phenoxy) is 3. The molecule has 0 saturated carbocycles. The van der Waals surface area contributed by atoms with Gasteiger partial charge in [-0.25, -0.2) is 14.4 Å². The lowest BCUT2D eigenvalue weighted by molar-refractivity contribution is -0.145. The van der Waals surface area contributed by atoms with Crippen molar-refractivity contribution in [3.63, 3.8) is 0 Å². The number of amides is 2. The van der Waals surface area contributed by atoms with Gasteiger partial charge in [-0.2, -0.15) is 5.26 Å². The van der Waals surface area contributed by atoms with E-state index >= 15 is 0 Å². The van der Waals surface area contributed by atoms with Crippen LogP contribution in [0.2, 0.25) is 0 Å². The second-order valence-corrected chi connectivity index (χ2v) is 5.49. The third-order valence-corrected chi connectivity index (χ3v) is 3.60. The Morgan fingerprint density at radius 2 is 2.00 bits per heavy atom. The van der Waals surface area contributed by atoms with Crippen LogP contribution in [0.1, 0.15) is 19.4 Å². The van der Waals surface area contributed by atoms with Crippen molar-refractivity contribution in [3.05, 3.63) is 41.1 Å². The molecular formula is C18H19N3O6. The molecule has 1 aromatic rings. The van der Waals surface area contributed by atoms with E-state index in [4.69, 9.17) is 19.5 Å². The molecule has 1 atom stereocenters. The zero-order valence-electron chi connectivity index (χ0n) is 14.9. The average Bonchev–Trinajstić information content (AvgIpc) is 2.64. The predicted octanol–water partition coefficient (Wildman–Crippen LogP) is 0.999. The summed E-state index contributed by atoms with van der Waals surface area (Å²) in [6, 6.07) is 7.31. The number of carbonyl (C=O) groups is 3. The predicted molar refractivity (Wildman–Crippen MR) is 92.4 cm³/mol. The summed E-state index contributed by atoms with van der Waals surface area (Å²) in [5, 5.41) is 14.0. The summed E-state index contributed by atoms with van der Waals surface area (Å²) in [6.07, 6.45) is 0. The van der Waals surface area contributed by atoms with Crippen molar-refractivity contribution in [1.29, 1.82) is 5.26 Å². The van der Waals surface area contributed by atoms with Crippen LogP contribution in [0.3, 0.4) is 0 Å². The molecule has 0 spiro atoms. The molecule has 2 rings (SSSR count). The summed E-state index contributed by atoms with van der Waals surface area (Å²) in [5.74, 6) is -1.08. The quantitative estimate of drug-likeness (QED) is 0.683. The smallest absolute Gasteiger partial charge is 0.344 e. The molecule has 1 heterocycles. The highest BCUT2D eigenvalue weighted by Crippen LogP contribution is 2.17. The van der Waals surface area contributed by atoms with Crippen LogP contribution in [0.25, 0.3) is 0 Å². The number of esters is 2. The van der Waals surface area contributed by atoms with Crippen molar-refractivity contribution in [2.75, 3.05) is 19.8 Å². The summed E-state index contributed by atoms with van der Waals surface area (Å²) >= 11 is 0. The molecule has 0 aromatic heterocycles. The van der Waals surface area contributed by atoms with Crippen molar-refractivity contribution in [1.82, 2.24) is 10.6 Å². The maximum Gasteiger partial charge on any atom is 0.344 e. The first-order chi connectivity index (χ1) is 13.0. The largest absolute Gasteiger partial charge is 0.481 e. The molecule has 0 radical (unpaired) electrons. The number of nitriles is 1. The first-order valence-electron chi connectivity index (χ1n) is 8.21. The van der Waals surface area contributed by atoms with Gasteiger partial charge in [-0.05, 0) is 26.0 Å². The van der Waals surface area contributed by atoms with Gasteiger partial charge < -0.3 is 24.8 Å². The Hall–Kier alpha value is -3.54. The maximum absolute atomic E-state index is 12.1. The van der Waals surface area contributed by atoms with Gasteiger partial charge >= 0.3 is 18.0 Å². The van der Waals surface area contributed by atoms with E-state index in [1.807, 2.05) is 6.07 Å². The van der Waals surface area contributed by atoms with E-state index in [2.05, 4.69) is 10.6 Å². The van der Waals surface area contributed by atoms with Gasteiger partial charge in [0.2, 0.25) is 0 Å². The number of nitrogens with one attached hydrogen (secondary N) is 2. The summed E-state index contributed by atoms with van der Waals surface area (Å²) in [6.45, 7) is 2.70. The SMILES string of the molecule is CCOC(=O)C1=C(COC(=O)COc2ccccc2C#N)NC(=O)N[C@@H]1C. The Balaban J connectivity index is 2.00. The topological polar surface area (TPSA) is 127 Å². The molecule has 9 heteroatoms.